The van der Waals surface area contributed by atoms with Gasteiger partial charge >= 0.3 is 0 Å². The van der Waals surface area contributed by atoms with E-state index in [0.717, 1.165) is 6.61 Å². The van der Waals surface area contributed by atoms with Crippen LogP contribution in [0.1, 0.15) is 24.0 Å². The summed E-state index contributed by atoms with van der Waals surface area (Å²) < 4.78 is 5.89. The number of benzene rings is 1. The molecule has 2 rings (SSSR count). The summed E-state index contributed by atoms with van der Waals surface area (Å²) in [5.74, 6) is 0. The topological polar surface area (TPSA) is 9.23 Å². The number of hydrogen-bond donors (Lipinski definition) is 0. The molecule has 0 N–H and O–H groups in total. The smallest absolute Gasteiger partial charge is 0.208 e. The Hall–Kier alpha value is -0.863. The number of hydrogen-bond acceptors (Lipinski definition) is 1. The molecule has 0 spiro atoms. The van der Waals surface area contributed by atoms with Crippen LogP contribution in [-0.4, -0.2) is 15.6 Å². The quantitative estimate of drug-likeness (QED) is 0.693. The number of aryl methyl sites for hydroxylation is 1. The highest BCUT2D eigenvalue weighted by molar-refractivity contribution is 6.73. The lowest BCUT2D eigenvalue weighted by Crippen LogP contribution is -2.25. The Morgan fingerprint density at radius 1 is 1.33 bits per heavy atom. The summed E-state index contributed by atoms with van der Waals surface area (Å²) in [6.45, 7) is 7.34. The molecular formula is C13H18OSi. The Morgan fingerprint density at radius 3 is 2.80 bits per heavy atom. The van der Waals surface area contributed by atoms with E-state index in [1.54, 1.807) is 0 Å². The van der Waals surface area contributed by atoms with Crippen molar-refractivity contribution in [3.8, 4) is 0 Å². The zero-order chi connectivity index (χ0) is 10.7. The average molecular weight is 218 g/mol. The van der Waals surface area contributed by atoms with Gasteiger partial charge in [0.2, 0.25) is 9.04 Å². The minimum Gasteiger partial charge on any atom is -0.415 e. The molecule has 1 unspecified atom stereocenters. The Balaban J connectivity index is 2.16. The van der Waals surface area contributed by atoms with Crippen molar-refractivity contribution in [2.45, 2.75) is 25.8 Å². The van der Waals surface area contributed by atoms with Crippen LogP contribution in [-0.2, 0) is 4.43 Å². The molecule has 1 nitrogen and oxygen atoms in total. The maximum atomic E-state index is 5.89. The van der Waals surface area contributed by atoms with Crippen LogP contribution in [0.25, 0.3) is 5.20 Å². The summed E-state index contributed by atoms with van der Waals surface area (Å²) in [6.07, 6.45) is 2.55. The predicted molar refractivity (Wildman–Crippen MR) is 67.4 cm³/mol. The second kappa shape index (κ2) is 4.77. The van der Waals surface area contributed by atoms with Crippen LogP contribution < -0.4 is 0 Å². The summed E-state index contributed by atoms with van der Waals surface area (Å²) in [5, 5.41) is 1.28. The molecule has 1 heterocycles. The van der Waals surface area contributed by atoms with Crippen LogP contribution in [0.4, 0.5) is 0 Å². The molecule has 0 amide bonds. The summed E-state index contributed by atoms with van der Waals surface area (Å²) in [7, 11) is -1.17. The van der Waals surface area contributed by atoms with Crippen molar-refractivity contribution in [3.63, 3.8) is 0 Å². The second-order valence-electron chi connectivity index (χ2n) is 4.20. The van der Waals surface area contributed by atoms with Crippen molar-refractivity contribution >= 4 is 14.2 Å². The normalized spacial score (nSPS) is 21.3. The first-order valence-corrected chi connectivity index (χ1v) is 7.52. The lowest BCUT2D eigenvalue weighted by Gasteiger charge is -2.23. The van der Waals surface area contributed by atoms with E-state index >= 15 is 0 Å². The molecule has 1 aliphatic heterocycles. The summed E-state index contributed by atoms with van der Waals surface area (Å²) in [6, 6.07) is 9.74. The second-order valence-corrected chi connectivity index (χ2v) is 6.78. The van der Waals surface area contributed by atoms with E-state index in [1.807, 2.05) is 0 Å². The van der Waals surface area contributed by atoms with Crippen molar-refractivity contribution < 1.29 is 4.43 Å². The summed E-state index contributed by atoms with van der Waals surface area (Å²) >= 11 is 0. The fourth-order valence-corrected chi connectivity index (χ4v) is 4.62. The van der Waals surface area contributed by atoms with Crippen molar-refractivity contribution in [2.75, 3.05) is 6.61 Å². The first-order chi connectivity index (χ1) is 7.29. The van der Waals surface area contributed by atoms with Gasteiger partial charge in [0.25, 0.3) is 0 Å². The highest BCUT2D eigenvalue weighted by atomic mass is 28.3. The largest absolute Gasteiger partial charge is 0.415 e. The van der Waals surface area contributed by atoms with Gasteiger partial charge in [-0.2, -0.15) is 0 Å². The lowest BCUT2D eigenvalue weighted by molar-refractivity contribution is 0.295. The van der Waals surface area contributed by atoms with Crippen molar-refractivity contribution in [1.29, 1.82) is 0 Å². The molecule has 0 aliphatic carbocycles. The van der Waals surface area contributed by atoms with E-state index in [1.165, 1.54) is 35.2 Å². The maximum absolute atomic E-state index is 5.89. The molecule has 0 aromatic heterocycles. The zero-order valence-electron chi connectivity index (χ0n) is 9.33. The van der Waals surface area contributed by atoms with Crippen LogP contribution in [0.3, 0.4) is 0 Å². The van der Waals surface area contributed by atoms with Gasteiger partial charge in [0.15, 0.2) is 0 Å². The minimum absolute atomic E-state index is 0.946. The first kappa shape index (κ1) is 10.6. The van der Waals surface area contributed by atoms with E-state index in [-0.39, 0.29) is 0 Å². The Bertz CT molecular complexity index is 353. The third-order valence-corrected chi connectivity index (χ3v) is 5.72. The third-order valence-electron chi connectivity index (χ3n) is 3.06. The maximum Gasteiger partial charge on any atom is 0.208 e. The van der Waals surface area contributed by atoms with Gasteiger partial charge in [-0.25, -0.2) is 0 Å². The monoisotopic (exact) mass is 218 g/mol. The van der Waals surface area contributed by atoms with Gasteiger partial charge in [0.05, 0.1) is 0 Å². The Kier molecular flexibility index (Phi) is 3.39. The van der Waals surface area contributed by atoms with Crippen molar-refractivity contribution in [3.05, 3.63) is 42.0 Å². The van der Waals surface area contributed by atoms with Gasteiger partial charge in [-0.3, -0.25) is 0 Å². The van der Waals surface area contributed by atoms with Crippen LogP contribution in [0.2, 0.25) is 6.04 Å². The summed E-state index contributed by atoms with van der Waals surface area (Å²) in [4.78, 5) is 0. The molecule has 0 saturated carbocycles. The zero-order valence-corrected chi connectivity index (χ0v) is 10.5. The molecule has 1 aromatic carbocycles. The van der Waals surface area contributed by atoms with Crippen LogP contribution in [0, 0.1) is 6.92 Å². The third kappa shape index (κ3) is 2.39. The Labute approximate surface area is 93.5 Å². The van der Waals surface area contributed by atoms with E-state index < -0.39 is 9.04 Å². The Morgan fingerprint density at radius 2 is 2.13 bits per heavy atom. The van der Waals surface area contributed by atoms with E-state index in [0.29, 0.717) is 0 Å². The average Bonchev–Trinajstić information content (AvgIpc) is 2.30. The first-order valence-electron chi connectivity index (χ1n) is 5.65. The molecule has 15 heavy (non-hydrogen) atoms. The molecular weight excluding hydrogens is 200 g/mol. The van der Waals surface area contributed by atoms with E-state index in [2.05, 4.69) is 37.8 Å². The molecule has 1 saturated heterocycles. The lowest BCUT2D eigenvalue weighted by atomic mass is 10.1. The molecule has 2 heteroatoms. The highest BCUT2D eigenvalue weighted by Gasteiger charge is 2.21. The molecule has 1 aliphatic rings. The summed E-state index contributed by atoms with van der Waals surface area (Å²) in [5.41, 5.74) is 2.64. The van der Waals surface area contributed by atoms with E-state index in [9.17, 15) is 0 Å². The molecule has 0 bridgehead atoms. The fraction of sp³-hybridized carbons (Fsp3) is 0.385. The van der Waals surface area contributed by atoms with Crippen molar-refractivity contribution in [1.82, 2.24) is 0 Å². The molecule has 1 atom stereocenters. The van der Waals surface area contributed by atoms with Gasteiger partial charge in [0, 0.05) is 6.61 Å². The molecule has 80 valence electrons. The van der Waals surface area contributed by atoms with Gasteiger partial charge in [0.1, 0.15) is 0 Å². The number of rotatable bonds is 2. The SMILES string of the molecule is C=C(c1ccccc1C)[SiH]1CCCCO1. The van der Waals surface area contributed by atoms with Gasteiger partial charge < -0.3 is 4.43 Å². The highest BCUT2D eigenvalue weighted by Crippen LogP contribution is 2.25. The molecule has 0 radical (unpaired) electrons. The predicted octanol–water partition coefficient (Wildman–Crippen LogP) is 3.08. The van der Waals surface area contributed by atoms with Crippen LogP contribution in [0.5, 0.6) is 0 Å². The van der Waals surface area contributed by atoms with E-state index in [4.69, 9.17) is 4.43 Å². The molecule has 1 aromatic rings. The van der Waals surface area contributed by atoms with Crippen molar-refractivity contribution in [2.24, 2.45) is 0 Å². The molecule has 1 fully saturated rings. The standard InChI is InChI=1S/C13H18OSi/c1-11-7-3-4-8-13(11)12(2)15-10-6-5-9-14-15/h3-4,7-8,15H,2,5-6,9-10H2,1H3. The van der Waals surface area contributed by atoms with Gasteiger partial charge in [-0.05, 0) is 35.7 Å². The van der Waals surface area contributed by atoms with Gasteiger partial charge in [-0.15, -0.1) is 0 Å². The van der Waals surface area contributed by atoms with Crippen LogP contribution >= 0.6 is 0 Å². The van der Waals surface area contributed by atoms with Crippen LogP contribution in [0.15, 0.2) is 30.8 Å². The fourth-order valence-electron chi connectivity index (χ4n) is 2.12. The van der Waals surface area contributed by atoms with Gasteiger partial charge in [-0.1, -0.05) is 37.3 Å². The minimum atomic E-state index is -1.17.